The van der Waals surface area contributed by atoms with E-state index in [1.165, 1.54) is 5.56 Å². The Morgan fingerprint density at radius 3 is 2.91 bits per heavy atom. The molecule has 0 aliphatic heterocycles. The van der Waals surface area contributed by atoms with E-state index in [2.05, 4.69) is 15.3 Å². The first kappa shape index (κ1) is 14.1. The molecule has 1 aromatic heterocycles. The Morgan fingerprint density at radius 2 is 2.09 bits per heavy atom. The van der Waals surface area contributed by atoms with Gasteiger partial charge in [0, 0.05) is 0 Å². The lowest BCUT2D eigenvalue weighted by Gasteiger charge is -2.07. The number of para-hydroxylation sites is 1. The van der Waals surface area contributed by atoms with Gasteiger partial charge in [-0.1, -0.05) is 18.2 Å². The van der Waals surface area contributed by atoms with Gasteiger partial charge >= 0.3 is 0 Å². The molecule has 112 valence electrons. The molecule has 0 fully saturated rings. The topological polar surface area (TPSA) is 67.0 Å². The quantitative estimate of drug-likeness (QED) is 0.777. The summed E-state index contributed by atoms with van der Waals surface area (Å²) in [6, 6.07) is 13.1. The number of benzene rings is 2. The number of amides is 1. The highest BCUT2D eigenvalue weighted by molar-refractivity contribution is 5.96. The number of hydrogen-bond acceptors (Lipinski definition) is 3. The molecular formula is C17H17N3O2. The van der Waals surface area contributed by atoms with Gasteiger partial charge in [0.15, 0.2) is 0 Å². The van der Waals surface area contributed by atoms with Crippen molar-refractivity contribution in [3.63, 3.8) is 0 Å². The van der Waals surface area contributed by atoms with Crippen molar-refractivity contribution in [3.05, 3.63) is 59.4 Å². The molecule has 0 saturated carbocycles. The molecule has 0 aliphatic carbocycles. The number of methoxy groups -OCH3 is 1. The number of nitrogens with one attached hydrogen (secondary N) is 2. The van der Waals surface area contributed by atoms with Crippen LogP contribution in [-0.2, 0) is 6.54 Å². The highest BCUT2D eigenvalue weighted by Crippen LogP contribution is 2.17. The summed E-state index contributed by atoms with van der Waals surface area (Å²) in [5.74, 6) is 1.10. The Morgan fingerprint density at radius 1 is 1.27 bits per heavy atom. The largest absolute Gasteiger partial charge is 0.496 e. The predicted octanol–water partition coefficient (Wildman–Crippen LogP) is 2.81. The highest BCUT2D eigenvalue weighted by atomic mass is 16.5. The maximum atomic E-state index is 12.2. The lowest BCUT2D eigenvalue weighted by molar-refractivity contribution is 0.0947. The number of aromatic amines is 1. The van der Waals surface area contributed by atoms with E-state index >= 15 is 0 Å². The Bertz CT molecular complexity index is 824. The minimum atomic E-state index is -0.186. The van der Waals surface area contributed by atoms with Crippen molar-refractivity contribution in [3.8, 4) is 5.75 Å². The lowest BCUT2D eigenvalue weighted by Crippen LogP contribution is -2.23. The van der Waals surface area contributed by atoms with Crippen molar-refractivity contribution in [2.75, 3.05) is 7.11 Å². The Kier molecular flexibility index (Phi) is 3.78. The fourth-order valence-electron chi connectivity index (χ4n) is 2.35. The third-order valence-electron chi connectivity index (χ3n) is 3.45. The SMILES string of the molecule is COc1ccccc1C(=O)NCc1nc2ccc(C)cc2[nH]1. The summed E-state index contributed by atoms with van der Waals surface area (Å²) in [5, 5.41) is 2.85. The molecule has 0 radical (unpaired) electrons. The molecule has 5 nitrogen and oxygen atoms in total. The molecule has 0 saturated heterocycles. The molecular weight excluding hydrogens is 278 g/mol. The van der Waals surface area contributed by atoms with E-state index in [0.717, 1.165) is 16.9 Å². The third-order valence-corrected chi connectivity index (χ3v) is 3.45. The van der Waals surface area contributed by atoms with Crippen LogP contribution in [0.5, 0.6) is 5.75 Å². The van der Waals surface area contributed by atoms with Crippen LogP contribution in [0.3, 0.4) is 0 Å². The van der Waals surface area contributed by atoms with Gasteiger partial charge in [-0.15, -0.1) is 0 Å². The molecule has 1 heterocycles. The average Bonchev–Trinajstić information content (AvgIpc) is 2.94. The van der Waals surface area contributed by atoms with E-state index in [0.29, 0.717) is 17.9 Å². The van der Waals surface area contributed by atoms with Crippen LogP contribution in [0.1, 0.15) is 21.7 Å². The Hall–Kier alpha value is -2.82. The molecule has 0 bridgehead atoms. The second-order valence-electron chi connectivity index (χ2n) is 5.09. The molecule has 1 amide bonds. The molecule has 2 N–H and O–H groups in total. The van der Waals surface area contributed by atoms with Gasteiger partial charge in [-0.05, 0) is 36.8 Å². The minimum absolute atomic E-state index is 0.186. The summed E-state index contributed by atoms with van der Waals surface area (Å²) in [6.45, 7) is 2.37. The molecule has 22 heavy (non-hydrogen) atoms. The molecule has 2 aromatic carbocycles. The van der Waals surface area contributed by atoms with Gasteiger partial charge in [0.1, 0.15) is 11.6 Å². The highest BCUT2D eigenvalue weighted by Gasteiger charge is 2.12. The van der Waals surface area contributed by atoms with Crippen LogP contribution in [0.25, 0.3) is 11.0 Å². The first-order valence-corrected chi connectivity index (χ1v) is 7.04. The fraction of sp³-hybridized carbons (Fsp3) is 0.176. The zero-order valence-corrected chi connectivity index (χ0v) is 12.5. The summed E-state index contributed by atoms with van der Waals surface area (Å²) in [7, 11) is 1.55. The summed E-state index contributed by atoms with van der Waals surface area (Å²) in [6.07, 6.45) is 0. The summed E-state index contributed by atoms with van der Waals surface area (Å²) in [4.78, 5) is 19.9. The predicted molar refractivity (Wildman–Crippen MR) is 85.0 cm³/mol. The number of aryl methyl sites for hydroxylation is 1. The van der Waals surface area contributed by atoms with Crippen molar-refractivity contribution in [2.45, 2.75) is 13.5 Å². The first-order chi connectivity index (χ1) is 10.7. The van der Waals surface area contributed by atoms with E-state index in [1.807, 2.05) is 31.2 Å². The Balaban J connectivity index is 1.74. The number of hydrogen-bond donors (Lipinski definition) is 2. The van der Waals surface area contributed by atoms with E-state index in [-0.39, 0.29) is 5.91 Å². The van der Waals surface area contributed by atoms with E-state index < -0.39 is 0 Å². The molecule has 5 heteroatoms. The molecule has 0 aliphatic rings. The number of rotatable bonds is 4. The summed E-state index contributed by atoms with van der Waals surface area (Å²) >= 11 is 0. The van der Waals surface area contributed by atoms with Crippen molar-refractivity contribution < 1.29 is 9.53 Å². The van der Waals surface area contributed by atoms with Crippen molar-refractivity contribution in [1.29, 1.82) is 0 Å². The number of aromatic nitrogens is 2. The zero-order chi connectivity index (χ0) is 15.5. The maximum Gasteiger partial charge on any atom is 0.255 e. The van der Waals surface area contributed by atoms with Crippen molar-refractivity contribution >= 4 is 16.9 Å². The molecule has 0 atom stereocenters. The number of carbonyl (C=O) groups excluding carboxylic acids is 1. The van der Waals surface area contributed by atoms with E-state index in [1.54, 1.807) is 25.3 Å². The zero-order valence-electron chi connectivity index (χ0n) is 12.5. The van der Waals surface area contributed by atoms with Crippen LogP contribution >= 0.6 is 0 Å². The first-order valence-electron chi connectivity index (χ1n) is 7.04. The number of fused-ring (bicyclic) bond motifs is 1. The van der Waals surface area contributed by atoms with Crippen LogP contribution < -0.4 is 10.1 Å². The number of carbonyl (C=O) groups is 1. The molecule has 0 spiro atoms. The molecule has 3 rings (SSSR count). The van der Waals surface area contributed by atoms with Crippen LogP contribution in [-0.4, -0.2) is 23.0 Å². The smallest absolute Gasteiger partial charge is 0.255 e. The fourth-order valence-corrected chi connectivity index (χ4v) is 2.35. The van der Waals surface area contributed by atoms with Gasteiger partial charge in [0.05, 0.1) is 30.3 Å². The van der Waals surface area contributed by atoms with E-state index in [9.17, 15) is 4.79 Å². The van der Waals surface area contributed by atoms with E-state index in [4.69, 9.17) is 4.74 Å². The average molecular weight is 295 g/mol. The number of H-pyrrole nitrogens is 1. The van der Waals surface area contributed by atoms with Crippen molar-refractivity contribution in [2.24, 2.45) is 0 Å². The second kappa shape index (κ2) is 5.89. The lowest BCUT2D eigenvalue weighted by atomic mass is 10.2. The van der Waals surface area contributed by atoms with Crippen LogP contribution in [0.4, 0.5) is 0 Å². The normalized spacial score (nSPS) is 10.6. The Labute approximate surface area is 128 Å². The number of imidazole rings is 1. The van der Waals surface area contributed by atoms with Crippen molar-refractivity contribution in [1.82, 2.24) is 15.3 Å². The summed E-state index contributed by atoms with van der Waals surface area (Å²) < 4.78 is 5.20. The molecule has 0 unspecified atom stereocenters. The minimum Gasteiger partial charge on any atom is -0.496 e. The monoisotopic (exact) mass is 295 g/mol. The van der Waals surface area contributed by atoms with Gasteiger partial charge in [-0.2, -0.15) is 0 Å². The maximum absolute atomic E-state index is 12.2. The molecule has 3 aromatic rings. The number of nitrogens with zero attached hydrogens (tertiary/aromatic N) is 1. The number of ether oxygens (including phenoxy) is 1. The standard InChI is InChI=1S/C17H17N3O2/c1-11-7-8-13-14(9-11)20-16(19-13)10-18-17(21)12-5-3-4-6-15(12)22-2/h3-9H,10H2,1-2H3,(H,18,21)(H,19,20). The third kappa shape index (κ3) is 2.79. The second-order valence-corrected chi connectivity index (χ2v) is 5.09. The van der Waals surface area contributed by atoms with Gasteiger partial charge in [0.2, 0.25) is 0 Å². The van der Waals surface area contributed by atoms with Gasteiger partial charge < -0.3 is 15.0 Å². The van der Waals surface area contributed by atoms with Gasteiger partial charge in [-0.25, -0.2) is 4.98 Å². The van der Waals surface area contributed by atoms with Crippen LogP contribution in [0.2, 0.25) is 0 Å². The van der Waals surface area contributed by atoms with Gasteiger partial charge in [0.25, 0.3) is 5.91 Å². The van der Waals surface area contributed by atoms with Gasteiger partial charge in [-0.3, -0.25) is 4.79 Å². The van der Waals surface area contributed by atoms with Crippen LogP contribution in [0.15, 0.2) is 42.5 Å². The van der Waals surface area contributed by atoms with Crippen LogP contribution in [0, 0.1) is 6.92 Å². The summed E-state index contributed by atoms with van der Waals surface area (Å²) in [5.41, 5.74) is 3.55.